The Morgan fingerprint density at radius 2 is 1.76 bits per heavy atom. The minimum atomic E-state index is -4.50. The largest absolute Gasteiger partial charge is 0.416 e. The monoisotopic (exact) mass is 360 g/mol. The van der Waals surface area contributed by atoms with Crippen molar-refractivity contribution in [3.8, 4) is 0 Å². The molecule has 110 valence electrons. The summed E-state index contributed by atoms with van der Waals surface area (Å²) in [5.41, 5.74) is -0.551. The molecule has 21 heavy (non-hydrogen) atoms. The second-order valence-corrected chi connectivity index (χ2v) is 5.18. The summed E-state index contributed by atoms with van der Waals surface area (Å²) in [6.45, 7) is 0. The molecule has 0 spiro atoms. The lowest BCUT2D eigenvalue weighted by Gasteiger charge is -2.09. The number of carbonyl (C=O) groups excluding carboxylic acids is 1. The summed E-state index contributed by atoms with van der Waals surface area (Å²) in [6.07, 6.45) is -4.69. The van der Waals surface area contributed by atoms with Gasteiger partial charge in [-0.15, -0.1) is 0 Å². The number of hydrogen-bond acceptors (Lipinski definition) is 1. The van der Waals surface area contributed by atoms with Crippen molar-refractivity contribution in [1.82, 2.24) is 0 Å². The van der Waals surface area contributed by atoms with Gasteiger partial charge in [0.25, 0.3) is 0 Å². The standard InChI is InChI=1S/C15H9BrF4O/c16-14-10(4-2-6-12(14)17)8-13(21)9-3-1-5-11(7-9)15(18,19)20/h1-7H,8H2. The van der Waals surface area contributed by atoms with Gasteiger partial charge in [-0.25, -0.2) is 4.39 Å². The minimum absolute atomic E-state index is 0.0546. The van der Waals surface area contributed by atoms with Gasteiger partial charge < -0.3 is 0 Å². The number of hydrogen-bond donors (Lipinski definition) is 0. The number of ketones is 1. The van der Waals surface area contributed by atoms with Gasteiger partial charge in [0.15, 0.2) is 5.78 Å². The lowest BCUT2D eigenvalue weighted by Crippen LogP contribution is -2.09. The highest BCUT2D eigenvalue weighted by Crippen LogP contribution is 2.30. The Bertz CT molecular complexity index is 680. The molecule has 0 heterocycles. The third kappa shape index (κ3) is 3.69. The topological polar surface area (TPSA) is 17.1 Å². The Morgan fingerprint density at radius 1 is 1.10 bits per heavy atom. The number of halogens is 5. The van der Waals surface area contributed by atoms with Crippen molar-refractivity contribution in [2.24, 2.45) is 0 Å². The van der Waals surface area contributed by atoms with E-state index in [4.69, 9.17) is 0 Å². The second-order valence-electron chi connectivity index (χ2n) is 4.39. The molecule has 0 aliphatic carbocycles. The number of Topliss-reactive ketones (excluding diaryl/α,β-unsaturated/α-hetero) is 1. The van der Waals surface area contributed by atoms with Gasteiger partial charge in [-0.05, 0) is 39.7 Å². The van der Waals surface area contributed by atoms with Crippen LogP contribution in [0.3, 0.4) is 0 Å². The second kappa shape index (κ2) is 5.97. The molecule has 2 aromatic rings. The molecular weight excluding hydrogens is 352 g/mol. The van der Waals surface area contributed by atoms with Crippen LogP contribution < -0.4 is 0 Å². The molecule has 0 N–H and O–H groups in total. The Kier molecular flexibility index (Phi) is 4.46. The van der Waals surface area contributed by atoms with Crippen LogP contribution in [-0.4, -0.2) is 5.78 Å². The first-order valence-corrected chi connectivity index (χ1v) is 6.71. The molecule has 0 radical (unpaired) electrons. The first-order valence-electron chi connectivity index (χ1n) is 5.92. The Labute approximate surface area is 126 Å². The highest BCUT2D eigenvalue weighted by atomic mass is 79.9. The normalized spacial score (nSPS) is 11.5. The summed E-state index contributed by atoms with van der Waals surface area (Å²) in [5, 5.41) is 0. The van der Waals surface area contributed by atoms with E-state index in [0.29, 0.717) is 5.56 Å². The van der Waals surface area contributed by atoms with Crippen molar-refractivity contribution in [2.45, 2.75) is 12.6 Å². The van der Waals surface area contributed by atoms with E-state index in [9.17, 15) is 22.4 Å². The van der Waals surface area contributed by atoms with E-state index in [0.717, 1.165) is 12.1 Å². The van der Waals surface area contributed by atoms with Gasteiger partial charge in [-0.1, -0.05) is 24.3 Å². The maximum Gasteiger partial charge on any atom is 0.416 e. The van der Waals surface area contributed by atoms with Gasteiger partial charge in [-0.3, -0.25) is 4.79 Å². The van der Waals surface area contributed by atoms with E-state index < -0.39 is 23.3 Å². The lowest BCUT2D eigenvalue weighted by atomic mass is 10.0. The minimum Gasteiger partial charge on any atom is -0.294 e. The number of carbonyl (C=O) groups is 1. The molecule has 6 heteroatoms. The summed E-state index contributed by atoms with van der Waals surface area (Å²) < 4.78 is 51.3. The Morgan fingerprint density at radius 3 is 2.43 bits per heavy atom. The zero-order valence-electron chi connectivity index (χ0n) is 10.5. The average Bonchev–Trinajstić information content (AvgIpc) is 2.43. The van der Waals surface area contributed by atoms with E-state index in [1.165, 1.54) is 24.3 Å². The van der Waals surface area contributed by atoms with Crippen LogP contribution in [0.25, 0.3) is 0 Å². The van der Waals surface area contributed by atoms with Crippen LogP contribution in [0, 0.1) is 5.82 Å². The number of alkyl halides is 3. The summed E-state index contributed by atoms with van der Waals surface area (Å²) >= 11 is 3.02. The fraction of sp³-hybridized carbons (Fsp3) is 0.133. The van der Waals surface area contributed by atoms with Crippen LogP contribution in [0.15, 0.2) is 46.9 Å². The van der Waals surface area contributed by atoms with Crippen LogP contribution >= 0.6 is 15.9 Å². The molecule has 0 atom stereocenters. The van der Waals surface area contributed by atoms with E-state index in [1.807, 2.05) is 0 Å². The van der Waals surface area contributed by atoms with Gasteiger partial charge in [0, 0.05) is 12.0 Å². The van der Waals surface area contributed by atoms with Gasteiger partial charge in [0.1, 0.15) is 5.82 Å². The highest BCUT2D eigenvalue weighted by molar-refractivity contribution is 9.10. The molecule has 2 aromatic carbocycles. The van der Waals surface area contributed by atoms with Gasteiger partial charge in [0.05, 0.1) is 10.0 Å². The fourth-order valence-corrected chi connectivity index (χ4v) is 2.23. The molecule has 1 nitrogen and oxygen atoms in total. The molecule has 0 fully saturated rings. The third-order valence-corrected chi connectivity index (χ3v) is 3.78. The first-order chi connectivity index (χ1) is 9.79. The fourth-order valence-electron chi connectivity index (χ4n) is 1.83. The lowest BCUT2D eigenvalue weighted by molar-refractivity contribution is -0.137. The van der Waals surface area contributed by atoms with Crippen LogP contribution in [0.2, 0.25) is 0 Å². The van der Waals surface area contributed by atoms with Crippen molar-refractivity contribution in [1.29, 1.82) is 0 Å². The summed E-state index contributed by atoms with van der Waals surface area (Å²) in [6, 6.07) is 8.39. The molecule has 0 aliphatic heterocycles. The van der Waals surface area contributed by atoms with Crippen molar-refractivity contribution in [3.63, 3.8) is 0 Å². The maximum absolute atomic E-state index is 13.3. The molecule has 0 aliphatic rings. The van der Waals surface area contributed by atoms with Crippen molar-refractivity contribution < 1.29 is 22.4 Å². The zero-order valence-corrected chi connectivity index (χ0v) is 12.1. The van der Waals surface area contributed by atoms with Crippen molar-refractivity contribution in [2.75, 3.05) is 0 Å². The van der Waals surface area contributed by atoms with E-state index in [-0.39, 0.29) is 16.5 Å². The highest BCUT2D eigenvalue weighted by Gasteiger charge is 2.30. The zero-order chi connectivity index (χ0) is 15.6. The van der Waals surface area contributed by atoms with E-state index >= 15 is 0 Å². The van der Waals surface area contributed by atoms with Crippen LogP contribution in [0.1, 0.15) is 21.5 Å². The smallest absolute Gasteiger partial charge is 0.294 e. The van der Waals surface area contributed by atoms with Crippen LogP contribution in [0.5, 0.6) is 0 Å². The Hall–Kier alpha value is -1.69. The van der Waals surface area contributed by atoms with Crippen molar-refractivity contribution in [3.05, 3.63) is 69.4 Å². The number of rotatable bonds is 3. The molecule has 2 rings (SSSR count). The molecule has 0 amide bonds. The van der Waals surface area contributed by atoms with Crippen molar-refractivity contribution >= 4 is 21.7 Å². The predicted octanol–water partition coefficient (Wildman–Crippen LogP) is 5.03. The maximum atomic E-state index is 13.3. The molecule has 0 aromatic heterocycles. The van der Waals surface area contributed by atoms with Gasteiger partial charge in [-0.2, -0.15) is 13.2 Å². The van der Waals surface area contributed by atoms with Gasteiger partial charge in [0.2, 0.25) is 0 Å². The molecular formula is C15H9BrF4O. The molecule has 0 bridgehead atoms. The molecule has 0 saturated heterocycles. The van der Waals surface area contributed by atoms with Gasteiger partial charge >= 0.3 is 6.18 Å². The van der Waals surface area contributed by atoms with Crippen LogP contribution in [0.4, 0.5) is 17.6 Å². The van der Waals surface area contributed by atoms with E-state index in [1.54, 1.807) is 6.07 Å². The Balaban J connectivity index is 2.27. The summed E-state index contributed by atoms with van der Waals surface area (Å²) in [5.74, 6) is -1.03. The third-order valence-electron chi connectivity index (χ3n) is 2.89. The average molecular weight is 361 g/mol. The first kappa shape index (κ1) is 15.7. The number of benzene rings is 2. The SMILES string of the molecule is O=C(Cc1cccc(F)c1Br)c1cccc(C(F)(F)F)c1. The predicted molar refractivity (Wildman–Crippen MR) is 73.6 cm³/mol. The summed E-state index contributed by atoms with van der Waals surface area (Å²) in [4.78, 5) is 12.0. The summed E-state index contributed by atoms with van der Waals surface area (Å²) in [7, 11) is 0. The molecule has 0 saturated carbocycles. The van der Waals surface area contributed by atoms with Crippen LogP contribution in [-0.2, 0) is 12.6 Å². The van der Waals surface area contributed by atoms with E-state index in [2.05, 4.69) is 15.9 Å². The molecule has 0 unspecified atom stereocenters. The quantitative estimate of drug-likeness (QED) is 0.554.